The third-order valence-corrected chi connectivity index (χ3v) is 4.33. The Morgan fingerprint density at radius 3 is 2.47 bits per heavy atom. The molecule has 0 aromatic heterocycles. The number of rotatable bonds is 4. The molecule has 0 aromatic carbocycles. The summed E-state index contributed by atoms with van der Waals surface area (Å²) in [4.78, 5) is 2.43. The molecule has 1 N–H and O–H groups in total. The monoisotopic (exact) mass is 241 g/mol. The van der Waals surface area contributed by atoms with E-state index in [1.165, 1.54) is 38.6 Å². The van der Waals surface area contributed by atoms with Crippen molar-refractivity contribution in [1.82, 2.24) is 4.90 Å². The first-order valence-electron chi connectivity index (χ1n) is 7.20. The molecule has 1 aliphatic carbocycles. The van der Waals surface area contributed by atoms with Crippen LogP contribution in [0.2, 0.25) is 0 Å². The molecule has 0 aromatic rings. The summed E-state index contributed by atoms with van der Waals surface area (Å²) in [5, 5.41) is 9.98. The van der Waals surface area contributed by atoms with E-state index in [-0.39, 0.29) is 6.10 Å². The maximum absolute atomic E-state index is 9.98. The van der Waals surface area contributed by atoms with E-state index in [0.717, 1.165) is 32.1 Å². The molecule has 0 spiro atoms. The van der Waals surface area contributed by atoms with Gasteiger partial charge in [0.15, 0.2) is 0 Å². The maximum atomic E-state index is 9.98. The minimum atomic E-state index is -0.0547. The topological polar surface area (TPSA) is 32.7 Å². The first-order valence-corrected chi connectivity index (χ1v) is 7.20. The highest BCUT2D eigenvalue weighted by Gasteiger charge is 2.25. The zero-order valence-corrected chi connectivity index (χ0v) is 11.1. The molecule has 3 nitrogen and oxygen atoms in total. The second-order valence-electron chi connectivity index (χ2n) is 5.89. The Morgan fingerprint density at radius 2 is 1.76 bits per heavy atom. The van der Waals surface area contributed by atoms with E-state index in [4.69, 9.17) is 4.74 Å². The van der Waals surface area contributed by atoms with E-state index in [1.807, 2.05) is 0 Å². The molecule has 1 heterocycles. The highest BCUT2D eigenvalue weighted by Crippen LogP contribution is 2.25. The van der Waals surface area contributed by atoms with Gasteiger partial charge in [0.1, 0.15) is 0 Å². The molecule has 2 aliphatic rings. The third-order valence-electron chi connectivity index (χ3n) is 4.33. The van der Waals surface area contributed by atoms with Crippen molar-refractivity contribution in [1.29, 1.82) is 0 Å². The summed E-state index contributed by atoms with van der Waals surface area (Å²) >= 11 is 0. The summed E-state index contributed by atoms with van der Waals surface area (Å²) in [5.41, 5.74) is 0. The molecule has 100 valence electrons. The molecule has 1 aliphatic heterocycles. The van der Waals surface area contributed by atoms with Crippen LogP contribution in [0.5, 0.6) is 0 Å². The molecule has 1 saturated carbocycles. The summed E-state index contributed by atoms with van der Waals surface area (Å²) in [6.45, 7) is 4.11. The van der Waals surface area contributed by atoms with Crippen molar-refractivity contribution in [3.63, 3.8) is 0 Å². The van der Waals surface area contributed by atoms with Crippen molar-refractivity contribution < 1.29 is 9.84 Å². The lowest BCUT2D eigenvalue weighted by molar-refractivity contribution is 0.0326. The SMILES string of the molecule is CN(CC1CCOCC1)CC1CCCCC1O. The third kappa shape index (κ3) is 4.23. The van der Waals surface area contributed by atoms with E-state index in [1.54, 1.807) is 0 Å². The average molecular weight is 241 g/mol. The molecule has 2 rings (SSSR count). The van der Waals surface area contributed by atoms with Gasteiger partial charge in [-0.05, 0) is 44.6 Å². The standard InChI is InChI=1S/C14H27NO2/c1-15(10-12-6-8-17-9-7-12)11-13-4-2-3-5-14(13)16/h12-14,16H,2-11H2,1H3. The second-order valence-corrected chi connectivity index (χ2v) is 5.89. The van der Waals surface area contributed by atoms with Crippen LogP contribution in [0.25, 0.3) is 0 Å². The van der Waals surface area contributed by atoms with Gasteiger partial charge in [0.05, 0.1) is 6.10 Å². The van der Waals surface area contributed by atoms with Gasteiger partial charge >= 0.3 is 0 Å². The number of hydrogen-bond donors (Lipinski definition) is 1. The van der Waals surface area contributed by atoms with Gasteiger partial charge in [-0.1, -0.05) is 12.8 Å². The highest BCUT2D eigenvalue weighted by atomic mass is 16.5. The van der Waals surface area contributed by atoms with Crippen molar-refractivity contribution in [3.8, 4) is 0 Å². The fraction of sp³-hybridized carbons (Fsp3) is 1.00. The molecule has 17 heavy (non-hydrogen) atoms. The van der Waals surface area contributed by atoms with Gasteiger partial charge in [-0.3, -0.25) is 0 Å². The number of nitrogens with zero attached hydrogens (tertiary/aromatic N) is 1. The number of ether oxygens (including phenoxy) is 1. The molecule has 2 unspecified atom stereocenters. The number of aliphatic hydroxyl groups is 1. The zero-order chi connectivity index (χ0) is 12.1. The summed E-state index contributed by atoms with van der Waals surface area (Å²) in [5.74, 6) is 1.31. The van der Waals surface area contributed by atoms with Crippen LogP contribution in [0.3, 0.4) is 0 Å². The van der Waals surface area contributed by atoms with Crippen molar-refractivity contribution in [3.05, 3.63) is 0 Å². The van der Waals surface area contributed by atoms with Crippen LogP contribution in [0, 0.1) is 11.8 Å². The van der Waals surface area contributed by atoms with Crippen LogP contribution in [0.1, 0.15) is 38.5 Å². The van der Waals surface area contributed by atoms with E-state index in [9.17, 15) is 5.11 Å². The normalized spacial score (nSPS) is 31.9. The molecule has 0 radical (unpaired) electrons. The Labute approximate surface area is 105 Å². The molecule has 2 fully saturated rings. The fourth-order valence-corrected chi connectivity index (χ4v) is 3.25. The first kappa shape index (κ1) is 13.3. The molecule has 0 bridgehead atoms. The van der Waals surface area contributed by atoms with Crippen molar-refractivity contribution in [2.45, 2.75) is 44.6 Å². The quantitative estimate of drug-likeness (QED) is 0.816. The van der Waals surface area contributed by atoms with Gasteiger partial charge in [0.2, 0.25) is 0 Å². The Hall–Kier alpha value is -0.120. The zero-order valence-electron chi connectivity index (χ0n) is 11.1. The average Bonchev–Trinajstić information content (AvgIpc) is 2.33. The molecule has 0 amide bonds. The van der Waals surface area contributed by atoms with Crippen molar-refractivity contribution in [2.75, 3.05) is 33.4 Å². The summed E-state index contributed by atoms with van der Waals surface area (Å²) in [6, 6.07) is 0. The molecule has 3 heteroatoms. The van der Waals surface area contributed by atoms with Gasteiger partial charge in [-0.2, -0.15) is 0 Å². The van der Waals surface area contributed by atoms with Crippen molar-refractivity contribution in [2.24, 2.45) is 11.8 Å². The van der Waals surface area contributed by atoms with Gasteiger partial charge in [-0.25, -0.2) is 0 Å². The smallest absolute Gasteiger partial charge is 0.0580 e. The van der Waals surface area contributed by atoms with E-state index < -0.39 is 0 Å². The van der Waals surface area contributed by atoms with Crippen molar-refractivity contribution >= 4 is 0 Å². The summed E-state index contributed by atoms with van der Waals surface area (Å²) < 4.78 is 5.39. The fourth-order valence-electron chi connectivity index (χ4n) is 3.25. The molecular formula is C14H27NO2. The number of hydrogen-bond acceptors (Lipinski definition) is 3. The van der Waals surface area contributed by atoms with Crippen LogP contribution >= 0.6 is 0 Å². The largest absolute Gasteiger partial charge is 0.393 e. The van der Waals surface area contributed by atoms with Gasteiger partial charge in [0, 0.05) is 26.3 Å². The highest BCUT2D eigenvalue weighted by molar-refractivity contribution is 4.78. The van der Waals surface area contributed by atoms with Gasteiger partial charge < -0.3 is 14.7 Å². The second kappa shape index (κ2) is 6.72. The van der Waals surface area contributed by atoms with Crippen LogP contribution in [-0.4, -0.2) is 49.5 Å². The Morgan fingerprint density at radius 1 is 1.06 bits per heavy atom. The van der Waals surface area contributed by atoms with Crippen LogP contribution in [-0.2, 0) is 4.74 Å². The maximum Gasteiger partial charge on any atom is 0.0580 e. The molecule has 2 atom stereocenters. The minimum absolute atomic E-state index is 0.0547. The lowest BCUT2D eigenvalue weighted by Crippen LogP contribution is -2.38. The Bertz CT molecular complexity index is 216. The Kier molecular flexibility index (Phi) is 5.26. The predicted octanol–water partition coefficient (Wildman–Crippen LogP) is 1.90. The predicted molar refractivity (Wildman–Crippen MR) is 69.0 cm³/mol. The van der Waals surface area contributed by atoms with E-state index in [0.29, 0.717) is 5.92 Å². The van der Waals surface area contributed by atoms with Gasteiger partial charge in [0.25, 0.3) is 0 Å². The lowest BCUT2D eigenvalue weighted by atomic mass is 9.86. The minimum Gasteiger partial charge on any atom is -0.393 e. The Balaban J connectivity index is 1.70. The summed E-state index contributed by atoms with van der Waals surface area (Å²) in [7, 11) is 2.21. The lowest BCUT2D eigenvalue weighted by Gasteiger charge is -2.33. The van der Waals surface area contributed by atoms with E-state index in [2.05, 4.69) is 11.9 Å². The van der Waals surface area contributed by atoms with Crippen LogP contribution in [0.15, 0.2) is 0 Å². The van der Waals surface area contributed by atoms with Crippen LogP contribution < -0.4 is 0 Å². The van der Waals surface area contributed by atoms with E-state index >= 15 is 0 Å². The molecule has 1 saturated heterocycles. The first-order chi connectivity index (χ1) is 8.25. The summed E-state index contributed by atoms with van der Waals surface area (Å²) in [6.07, 6.45) is 7.08. The molecular weight excluding hydrogens is 214 g/mol. The van der Waals surface area contributed by atoms with Crippen LogP contribution in [0.4, 0.5) is 0 Å². The number of aliphatic hydroxyl groups excluding tert-OH is 1. The van der Waals surface area contributed by atoms with Gasteiger partial charge in [-0.15, -0.1) is 0 Å².